The predicted octanol–water partition coefficient (Wildman–Crippen LogP) is 2.46. The molecule has 0 saturated carbocycles. The van der Waals surface area contributed by atoms with Crippen LogP contribution in [0.1, 0.15) is 19.4 Å². The second kappa shape index (κ2) is 5.47. The molecule has 0 amide bonds. The van der Waals surface area contributed by atoms with Crippen LogP contribution in [-0.4, -0.2) is 31.8 Å². The zero-order valence-corrected chi connectivity index (χ0v) is 11.8. The largest absolute Gasteiger partial charge is 0.372 e. The van der Waals surface area contributed by atoms with Crippen LogP contribution in [0, 0.1) is 0 Å². The SMILES string of the molecule is CC1(C)CN(c2ccc(CCN)cc2Cl)CCO1. The summed E-state index contributed by atoms with van der Waals surface area (Å²) in [7, 11) is 0. The van der Waals surface area contributed by atoms with E-state index in [1.54, 1.807) is 0 Å². The molecule has 1 aliphatic rings. The van der Waals surface area contributed by atoms with Crippen molar-refractivity contribution < 1.29 is 4.74 Å². The van der Waals surface area contributed by atoms with E-state index in [0.29, 0.717) is 6.54 Å². The summed E-state index contributed by atoms with van der Waals surface area (Å²) in [5.41, 5.74) is 7.73. The van der Waals surface area contributed by atoms with Crippen molar-refractivity contribution in [3.8, 4) is 0 Å². The minimum Gasteiger partial charge on any atom is -0.372 e. The van der Waals surface area contributed by atoms with E-state index < -0.39 is 0 Å². The summed E-state index contributed by atoms with van der Waals surface area (Å²) >= 11 is 6.37. The minimum absolute atomic E-state index is 0.114. The molecule has 4 heteroatoms. The van der Waals surface area contributed by atoms with Crippen molar-refractivity contribution in [3.63, 3.8) is 0 Å². The maximum absolute atomic E-state index is 6.37. The average Bonchev–Trinajstić information content (AvgIpc) is 2.28. The van der Waals surface area contributed by atoms with E-state index in [2.05, 4.69) is 30.9 Å². The van der Waals surface area contributed by atoms with Gasteiger partial charge in [-0.05, 0) is 44.5 Å². The van der Waals surface area contributed by atoms with Gasteiger partial charge in [-0.25, -0.2) is 0 Å². The molecule has 1 aromatic rings. The molecule has 1 saturated heterocycles. The summed E-state index contributed by atoms with van der Waals surface area (Å²) in [4.78, 5) is 2.29. The molecule has 0 bridgehead atoms. The van der Waals surface area contributed by atoms with E-state index in [1.165, 1.54) is 5.56 Å². The molecule has 0 aromatic heterocycles. The van der Waals surface area contributed by atoms with E-state index in [-0.39, 0.29) is 5.60 Å². The predicted molar refractivity (Wildman–Crippen MR) is 76.5 cm³/mol. The fourth-order valence-electron chi connectivity index (χ4n) is 2.35. The van der Waals surface area contributed by atoms with Gasteiger partial charge in [0.25, 0.3) is 0 Å². The monoisotopic (exact) mass is 268 g/mol. The Morgan fingerprint density at radius 2 is 2.22 bits per heavy atom. The van der Waals surface area contributed by atoms with Gasteiger partial charge in [0, 0.05) is 13.1 Å². The first-order valence-electron chi connectivity index (χ1n) is 6.39. The number of hydrogen-bond donors (Lipinski definition) is 1. The standard InChI is InChI=1S/C14H21ClN2O/c1-14(2)10-17(7-8-18-14)13-4-3-11(5-6-16)9-12(13)15/h3-4,9H,5-8,10,16H2,1-2H3. The molecule has 18 heavy (non-hydrogen) atoms. The summed E-state index contributed by atoms with van der Waals surface area (Å²) in [6.45, 7) is 7.36. The summed E-state index contributed by atoms with van der Waals surface area (Å²) < 4.78 is 5.72. The third-order valence-corrected chi connectivity index (χ3v) is 3.51. The highest BCUT2D eigenvalue weighted by Gasteiger charge is 2.28. The summed E-state index contributed by atoms with van der Waals surface area (Å²) in [6.07, 6.45) is 0.870. The van der Waals surface area contributed by atoms with Gasteiger partial charge in [0.1, 0.15) is 0 Å². The fraction of sp³-hybridized carbons (Fsp3) is 0.571. The van der Waals surface area contributed by atoms with Gasteiger partial charge in [-0.1, -0.05) is 17.7 Å². The van der Waals surface area contributed by atoms with Crippen LogP contribution in [0.4, 0.5) is 5.69 Å². The Hall–Kier alpha value is -0.770. The molecule has 2 N–H and O–H groups in total. The molecule has 0 aliphatic carbocycles. The molecular formula is C14H21ClN2O. The highest BCUT2D eigenvalue weighted by Crippen LogP contribution is 2.30. The third-order valence-electron chi connectivity index (χ3n) is 3.21. The van der Waals surface area contributed by atoms with Crippen molar-refractivity contribution in [2.24, 2.45) is 5.73 Å². The van der Waals surface area contributed by atoms with Crippen molar-refractivity contribution in [2.75, 3.05) is 31.1 Å². The quantitative estimate of drug-likeness (QED) is 0.915. The molecule has 2 rings (SSSR count). The van der Waals surface area contributed by atoms with E-state index in [0.717, 1.165) is 36.8 Å². The summed E-state index contributed by atoms with van der Waals surface area (Å²) in [5, 5.41) is 0.804. The van der Waals surface area contributed by atoms with Crippen LogP contribution in [0.25, 0.3) is 0 Å². The number of hydrogen-bond acceptors (Lipinski definition) is 3. The molecule has 1 fully saturated rings. The van der Waals surface area contributed by atoms with E-state index >= 15 is 0 Å². The first kappa shape index (κ1) is 13.7. The highest BCUT2D eigenvalue weighted by molar-refractivity contribution is 6.33. The molecule has 3 nitrogen and oxygen atoms in total. The highest BCUT2D eigenvalue weighted by atomic mass is 35.5. The lowest BCUT2D eigenvalue weighted by Gasteiger charge is -2.39. The second-order valence-corrected chi connectivity index (χ2v) is 5.76. The number of anilines is 1. The van der Waals surface area contributed by atoms with Gasteiger partial charge in [0.15, 0.2) is 0 Å². The number of nitrogens with zero attached hydrogens (tertiary/aromatic N) is 1. The average molecular weight is 269 g/mol. The molecule has 1 heterocycles. The lowest BCUT2D eigenvalue weighted by molar-refractivity contribution is -0.0276. The molecule has 0 spiro atoms. The Balaban J connectivity index is 2.18. The number of halogens is 1. The van der Waals surface area contributed by atoms with Gasteiger partial charge in [-0.2, -0.15) is 0 Å². The normalized spacial score (nSPS) is 19.0. The van der Waals surface area contributed by atoms with Crippen molar-refractivity contribution in [1.82, 2.24) is 0 Å². The van der Waals surface area contributed by atoms with E-state index in [1.807, 2.05) is 6.07 Å². The number of ether oxygens (including phenoxy) is 1. The Kier molecular flexibility index (Phi) is 4.15. The van der Waals surface area contributed by atoms with Crippen LogP contribution >= 0.6 is 11.6 Å². The molecule has 0 atom stereocenters. The van der Waals surface area contributed by atoms with Crippen LogP contribution < -0.4 is 10.6 Å². The van der Waals surface area contributed by atoms with Gasteiger partial charge in [0.2, 0.25) is 0 Å². The van der Waals surface area contributed by atoms with Crippen molar-refractivity contribution in [3.05, 3.63) is 28.8 Å². The van der Waals surface area contributed by atoms with Crippen LogP contribution in [-0.2, 0) is 11.2 Å². The Bertz CT molecular complexity index is 420. The van der Waals surface area contributed by atoms with Gasteiger partial charge in [-0.3, -0.25) is 0 Å². The Labute approximate surface area is 114 Å². The minimum atomic E-state index is -0.114. The van der Waals surface area contributed by atoms with Gasteiger partial charge in [0.05, 0.1) is 22.9 Å². The summed E-state index contributed by atoms with van der Waals surface area (Å²) in [6, 6.07) is 6.22. The number of rotatable bonds is 3. The van der Waals surface area contributed by atoms with Crippen LogP contribution in [0.15, 0.2) is 18.2 Å². The zero-order valence-electron chi connectivity index (χ0n) is 11.1. The van der Waals surface area contributed by atoms with Crippen molar-refractivity contribution >= 4 is 17.3 Å². The Morgan fingerprint density at radius 1 is 1.44 bits per heavy atom. The van der Waals surface area contributed by atoms with Gasteiger partial charge < -0.3 is 15.4 Å². The van der Waals surface area contributed by atoms with Crippen LogP contribution in [0.3, 0.4) is 0 Å². The molecule has 1 aliphatic heterocycles. The lowest BCUT2D eigenvalue weighted by atomic mass is 10.1. The number of benzene rings is 1. The van der Waals surface area contributed by atoms with Crippen LogP contribution in [0.2, 0.25) is 5.02 Å². The molecule has 0 unspecified atom stereocenters. The second-order valence-electron chi connectivity index (χ2n) is 5.35. The first-order chi connectivity index (χ1) is 8.52. The lowest BCUT2D eigenvalue weighted by Crippen LogP contribution is -2.48. The number of morpholine rings is 1. The van der Waals surface area contributed by atoms with E-state index in [4.69, 9.17) is 22.1 Å². The summed E-state index contributed by atoms with van der Waals surface area (Å²) in [5.74, 6) is 0. The molecule has 0 radical (unpaired) electrons. The number of nitrogens with two attached hydrogens (primary N) is 1. The maximum Gasteiger partial charge on any atom is 0.0801 e. The van der Waals surface area contributed by atoms with E-state index in [9.17, 15) is 0 Å². The smallest absolute Gasteiger partial charge is 0.0801 e. The van der Waals surface area contributed by atoms with Gasteiger partial charge in [-0.15, -0.1) is 0 Å². The van der Waals surface area contributed by atoms with Gasteiger partial charge >= 0.3 is 0 Å². The molecule has 100 valence electrons. The van der Waals surface area contributed by atoms with Crippen molar-refractivity contribution in [1.29, 1.82) is 0 Å². The molecule has 1 aromatic carbocycles. The van der Waals surface area contributed by atoms with Crippen molar-refractivity contribution in [2.45, 2.75) is 25.9 Å². The fourth-order valence-corrected chi connectivity index (χ4v) is 2.67. The topological polar surface area (TPSA) is 38.5 Å². The third kappa shape index (κ3) is 3.16. The van der Waals surface area contributed by atoms with Crippen LogP contribution in [0.5, 0.6) is 0 Å². The Morgan fingerprint density at radius 3 is 2.83 bits per heavy atom. The first-order valence-corrected chi connectivity index (χ1v) is 6.77. The zero-order chi connectivity index (χ0) is 13.2. The maximum atomic E-state index is 6.37. The molecular weight excluding hydrogens is 248 g/mol.